The van der Waals surface area contributed by atoms with Crippen LogP contribution >= 0.6 is 11.8 Å². The van der Waals surface area contributed by atoms with Crippen molar-refractivity contribution < 1.29 is 14.3 Å². The molecule has 0 spiro atoms. The quantitative estimate of drug-likeness (QED) is 0.656. The Morgan fingerprint density at radius 2 is 1.50 bits per heavy atom. The average Bonchev–Trinajstić information content (AvgIpc) is 3.03. The van der Waals surface area contributed by atoms with Gasteiger partial charge in [0.15, 0.2) is 6.10 Å². The highest BCUT2D eigenvalue weighted by Crippen LogP contribution is 2.45. The smallest absolute Gasteiger partial charge is 0.308 e. The molecule has 1 aliphatic heterocycles. The van der Waals surface area contributed by atoms with Crippen LogP contribution in [0, 0.1) is 0 Å². The molecule has 1 heterocycles. The fourth-order valence-corrected chi connectivity index (χ4v) is 4.89. The fourth-order valence-electron chi connectivity index (χ4n) is 3.79. The highest BCUT2D eigenvalue weighted by molar-refractivity contribution is 8.01. The van der Waals surface area contributed by atoms with Crippen LogP contribution in [0.2, 0.25) is 0 Å². The largest absolute Gasteiger partial charge is 0.452 e. The SMILES string of the molecule is O=C(C[C@@H]1Sc2ccccc2NC1=O)OC1c2ccccc2-c2ccccc21. The van der Waals surface area contributed by atoms with Crippen LogP contribution in [-0.2, 0) is 14.3 Å². The van der Waals surface area contributed by atoms with E-state index in [1.165, 1.54) is 11.8 Å². The average molecular weight is 387 g/mol. The molecule has 0 saturated heterocycles. The number of hydrogen-bond acceptors (Lipinski definition) is 4. The Hall–Kier alpha value is -3.05. The molecule has 1 amide bonds. The summed E-state index contributed by atoms with van der Waals surface area (Å²) in [4.78, 5) is 26.1. The van der Waals surface area contributed by atoms with Crippen LogP contribution in [0.3, 0.4) is 0 Å². The number of para-hydroxylation sites is 1. The minimum absolute atomic E-state index is 0.0334. The first kappa shape index (κ1) is 17.1. The number of nitrogens with one attached hydrogen (secondary N) is 1. The topological polar surface area (TPSA) is 55.4 Å². The minimum atomic E-state index is -0.491. The summed E-state index contributed by atoms with van der Waals surface area (Å²) in [5, 5.41) is 2.38. The van der Waals surface area contributed by atoms with Crippen molar-refractivity contribution in [3.8, 4) is 11.1 Å². The highest BCUT2D eigenvalue weighted by atomic mass is 32.2. The van der Waals surface area contributed by atoms with Gasteiger partial charge in [0.2, 0.25) is 5.91 Å². The third-order valence-corrected chi connectivity index (χ3v) is 6.36. The molecule has 28 heavy (non-hydrogen) atoms. The Bertz CT molecular complexity index is 1050. The molecular weight excluding hydrogens is 370 g/mol. The normalized spacial score (nSPS) is 17.3. The molecule has 5 heteroatoms. The van der Waals surface area contributed by atoms with Crippen molar-refractivity contribution >= 4 is 29.3 Å². The molecule has 0 bridgehead atoms. The Morgan fingerprint density at radius 1 is 0.893 bits per heavy atom. The molecule has 1 aliphatic carbocycles. The zero-order valence-electron chi connectivity index (χ0n) is 14.9. The number of ether oxygens (including phenoxy) is 1. The summed E-state index contributed by atoms with van der Waals surface area (Å²) in [6.07, 6.45) is -0.394. The fraction of sp³-hybridized carbons (Fsp3) is 0.130. The predicted octanol–water partition coefficient (Wildman–Crippen LogP) is 4.80. The summed E-state index contributed by atoms with van der Waals surface area (Å²) in [6, 6.07) is 23.6. The maximum absolute atomic E-state index is 12.7. The van der Waals surface area contributed by atoms with E-state index in [1.54, 1.807) is 0 Å². The van der Waals surface area contributed by atoms with Gasteiger partial charge in [-0.2, -0.15) is 0 Å². The Labute approximate surface area is 166 Å². The maximum atomic E-state index is 12.7. The molecule has 0 saturated carbocycles. The monoisotopic (exact) mass is 387 g/mol. The van der Waals surface area contributed by atoms with Crippen molar-refractivity contribution in [1.29, 1.82) is 0 Å². The van der Waals surface area contributed by atoms with E-state index in [0.717, 1.165) is 32.8 Å². The number of fused-ring (bicyclic) bond motifs is 4. The van der Waals surface area contributed by atoms with Crippen molar-refractivity contribution in [2.24, 2.45) is 0 Å². The second-order valence-electron chi connectivity index (χ2n) is 6.84. The first-order chi connectivity index (χ1) is 13.7. The van der Waals surface area contributed by atoms with Gasteiger partial charge in [0.1, 0.15) is 0 Å². The summed E-state index contributed by atoms with van der Waals surface area (Å²) in [5.41, 5.74) is 4.95. The molecule has 1 atom stereocenters. The lowest BCUT2D eigenvalue weighted by Gasteiger charge is -2.24. The Morgan fingerprint density at radius 3 is 2.21 bits per heavy atom. The minimum Gasteiger partial charge on any atom is -0.452 e. The molecular formula is C23H17NO3S. The number of anilines is 1. The molecule has 2 aliphatic rings. The lowest BCUT2D eigenvalue weighted by atomic mass is 10.1. The van der Waals surface area contributed by atoms with E-state index in [1.807, 2.05) is 72.8 Å². The number of amides is 1. The van der Waals surface area contributed by atoms with E-state index >= 15 is 0 Å². The van der Waals surface area contributed by atoms with Gasteiger partial charge in [0.25, 0.3) is 0 Å². The first-order valence-corrected chi connectivity index (χ1v) is 10.0. The molecule has 138 valence electrons. The molecule has 0 unspecified atom stereocenters. The Kier molecular flexibility index (Phi) is 4.17. The van der Waals surface area contributed by atoms with Gasteiger partial charge in [0.05, 0.1) is 17.4 Å². The molecule has 3 aromatic rings. The van der Waals surface area contributed by atoms with Crippen LogP contribution in [0.4, 0.5) is 5.69 Å². The third-order valence-electron chi connectivity index (χ3n) is 5.08. The zero-order chi connectivity index (χ0) is 19.1. The van der Waals surface area contributed by atoms with E-state index in [0.29, 0.717) is 0 Å². The van der Waals surface area contributed by atoms with Crippen molar-refractivity contribution in [3.05, 3.63) is 83.9 Å². The van der Waals surface area contributed by atoms with Gasteiger partial charge in [-0.25, -0.2) is 0 Å². The van der Waals surface area contributed by atoms with Crippen LogP contribution in [0.5, 0.6) is 0 Å². The number of carbonyl (C=O) groups excluding carboxylic acids is 2. The maximum Gasteiger partial charge on any atom is 0.308 e. The standard InChI is InChI=1S/C23H17NO3S/c25-21(13-20-23(26)24-18-11-5-6-12-19(18)28-20)27-22-16-9-3-1-7-14(16)15-8-2-4-10-17(15)22/h1-12,20,22H,13H2,(H,24,26)/t20-/m0/s1. The van der Waals surface area contributed by atoms with Crippen LogP contribution in [0.15, 0.2) is 77.7 Å². The zero-order valence-corrected chi connectivity index (χ0v) is 15.7. The number of carbonyl (C=O) groups is 2. The summed E-state index contributed by atoms with van der Waals surface area (Å²) in [7, 11) is 0. The first-order valence-electron chi connectivity index (χ1n) is 9.15. The summed E-state index contributed by atoms with van der Waals surface area (Å²) in [5.74, 6) is -0.531. The van der Waals surface area contributed by atoms with E-state index in [-0.39, 0.29) is 18.3 Å². The third kappa shape index (κ3) is 2.88. The van der Waals surface area contributed by atoms with E-state index in [9.17, 15) is 9.59 Å². The Balaban J connectivity index is 1.36. The van der Waals surface area contributed by atoms with Crippen molar-refractivity contribution in [2.45, 2.75) is 22.7 Å². The molecule has 0 radical (unpaired) electrons. The van der Waals surface area contributed by atoms with Gasteiger partial charge in [-0.1, -0.05) is 60.7 Å². The lowest BCUT2D eigenvalue weighted by Crippen LogP contribution is -2.31. The van der Waals surface area contributed by atoms with Crippen LogP contribution in [0.1, 0.15) is 23.7 Å². The number of hydrogen-bond donors (Lipinski definition) is 1. The van der Waals surface area contributed by atoms with Gasteiger partial charge < -0.3 is 10.1 Å². The number of thioether (sulfide) groups is 1. The molecule has 0 fully saturated rings. The molecule has 4 nitrogen and oxygen atoms in total. The van der Waals surface area contributed by atoms with Crippen molar-refractivity contribution in [2.75, 3.05) is 5.32 Å². The second kappa shape index (κ2) is 6.84. The van der Waals surface area contributed by atoms with Crippen molar-refractivity contribution in [1.82, 2.24) is 0 Å². The van der Waals surface area contributed by atoms with Gasteiger partial charge in [-0.3, -0.25) is 9.59 Å². The van der Waals surface area contributed by atoms with E-state index in [4.69, 9.17) is 4.74 Å². The van der Waals surface area contributed by atoms with Gasteiger partial charge in [-0.15, -0.1) is 11.8 Å². The summed E-state index contributed by atoms with van der Waals surface area (Å²) < 4.78 is 5.87. The van der Waals surface area contributed by atoms with Gasteiger partial charge in [-0.05, 0) is 23.3 Å². The van der Waals surface area contributed by atoms with E-state index < -0.39 is 11.4 Å². The predicted molar refractivity (Wildman–Crippen MR) is 109 cm³/mol. The number of benzene rings is 3. The van der Waals surface area contributed by atoms with Crippen LogP contribution < -0.4 is 5.32 Å². The molecule has 0 aromatic heterocycles. The van der Waals surface area contributed by atoms with Crippen LogP contribution in [-0.4, -0.2) is 17.1 Å². The summed E-state index contributed by atoms with van der Waals surface area (Å²) >= 11 is 1.41. The van der Waals surface area contributed by atoms with Gasteiger partial charge in [0, 0.05) is 16.0 Å². The number of rotatable bonds is 3. The highest BCUT2D eigenvalue weighted by Gasteiger charge is 2.34. The summed E-state index contributed by atoms with van der Waals surface area (Å²) in [6.45, 7) is 0. The van der Waals surface area contributed by atoms with Crippen molar-refractivity contribution in [3.63, 3.8) is 0 Å². The van der Waals surface area contributed by atoms with Crippen LogP contribution in [0.25, 0.3) is 11.1 Å². The second-order valence-corrected chi connectivity index (χ2v) is 8.08. The molecule has 1 N–H and O–H groups in total. The molecule has 3 aromatic carbocycles. The van der Waals surface area contributed by atoms with Gasteiger partial charge >= 0.3 is 5.97 Å². The lowest BCUT2D eigenvalue weighted by molar-refractivity contribution is -0.148. The molecule has 5 rings (SSSR count). The number of esters is 1. The van der Waals surface area contributed by atoms with E-state index in [2.05, 4.69) is 5.32 Å².